The molecule has 2 amide bonds. The van der Waals surface area contributed by atoms with Crippen molar-refractivity contribution in [3.05, 3.63) is 35.4 Å². The first-order chi connectivity index (χ1) is 11.1. The zero-order chi connectivity index (χ0) is 17.1. The van der Waals surface area contributed by atoms with Crippen LogP contribution in [0.3, 0.4) is 0 Å². The summed E-state index contributed by atoms with van der Waals surface area (Å²) in [6, 6.07) is 6.95. The van der Waals surface area contributed by atoms with Crippen LogP contribution in [0.2, 0.25) is 0 Å². The number of hydrogen-bond donors (Lipinski definition) is 2. The first kappa shape index (κ1) is 22.4. The standard InChI is InChI=1S/C18H29N3O2.ClH/c1-3-12-21(13-4-2)18(23)16-9-7-8-15(14-16)17(22)20-11-6-5-10-19;/h7-9,14H,3-6,10-13,19H2,1-2H3,(H,20,22);1H. The molecular formula is C18H30ClN3O2. The van der Waals surface area contributed by atoms with Crippen LogP contribution in [0, 0.1) is 0 Å². The van der Waals surface area contributed by atoms with Gasteiger partial charge < -0.3 is 16.0 Å². The van der Waals surface area contributed by atoms with Gasteiger partial charge in [-0.25, -0.2) is 0 Å². The zero-order valence-corrected chi connectivity index (χ0v) is 15.5. The smallest absolute Gasteiger partial charge is 0.253 e. The van der Waals surface area contributed by atoms with Crippen LogP contribution >= 0.6 is 12.4 Å². The van der Waals surface area contributed by atoms with E-state index in [-0.39, 0.29) is 24.2 Å². The molecule has 0 aliphatic heterocycles. The molecule has 24 heavy (non-hydrogen) atoms. The van der Waals surface area contributed by atoms with Gasteiger partial charge in [0.25, 0.3) is 11.8 Å². The summed E-state index contributed by atoms with van der Waals surface area (Å²) in [6.45, 7) is 6.82. The number of carbonyl (C=O) groups is 2. The summed E-state index contributed by atoms with van der Waals surface area (Å²) in [4.78, 5) is 26.6. The van der Waals surface area contributed by atoms with Crippen molar-refractivity contribution >= 4 is 24.2 Å². The molecule has 0 atom stereocenters. The third kappa shape index (κ3) is 7.32. The second-order valence-electron chi connectivity index (χ2n) is 5.62. The summed E-state index contributed by atoms with van der Waals surface area (Å²) in [5.74, 6) is -0.152. The third-order valence-electron chi connectivity index (χ3n) is 3.56. The molecule has 0 heterocycles. The van der Waals surface area contributed by atoms with Gasteiger partial charge in [0.2, 0.25) is 0 Å². The number of carbonyl (C=O) groups excluding carboxylic acids is 2. The molecule has 1 aromatic carbocycles. The quantitative estimate of drug-likeness (QED) is 0.634. The van der Waals surface area contributed by atoms with Crippen molar-refractivity contribution in [3.63, 3.8) is 0 Å². The van der Waals surface area contributed by atoms with Crippen molar-refractivity contribution in [1.29, 1.82) is 0 Å². The highest BCUT2D eigenvalue weighted by Gasteiger charge is 2.15. The van der Waals surface area contributed by atoms with Crippen LogP contribution in [0.1, 0.15) is 60.2 Å². The highest BCUT2D eigenvalue weighted by molar-refractivity contribution is 5.99. The van der Waals surface area contributed by atoms with Crippen molar-refractivity contribution in [1.82, 2.24) is 10.2 Å². The number of hydrogen-bond acceptors (Lipinski definition) is 3. The van der Waals surface area contributed by atoms with E-state index >= 15 is 0 Å². The molecule has 0 radical (unpaired) electrons. The van der Waals surface area contributed by atoms with Gasteiger partial charge in [0, 0.05) is 30.8 Å². The Kier molecular flexibility index (Phi) is 11.9. The number of unbranched alkanes of at least 4 members (excludes halogenated alkanes) is 1. The molecule has 0 saturated heterocycles. The van der Waals surface area contributed by atoms with E-state index in [2.05, 4.69) is 19.2 Å². The van der Waals surface area contributed by atoms with Crippen molar-refractivity contribution in [3.8, 4) is 0 Å². The Morgan fingerprint density at radius 2 is 1.71 bits per heavy atom. The molecule has 0 saturated carbocycles. The molecule has 3 N–H and O–H groups in total. The van der Waals surface area contributed by atoms with Gasteiger partial charge in [-0.2, -0.15) is 0 Å². The van der Waals surface area contributed by atoms with E-state index in [1.165, 1.54) is 0 Å². The monoisotopic (exact) mass is 355 g/mol. The Morgan fingerprint density at radius 3 is 2.29 bits per heavy atom. The second kappa shape index (κ2) is 12.8. The lowest BCUT2D eigenvalue weighted by Crippen LogP contribution is -2.32. The minimum Gasteiger partial charge on any atom is -0.352 e. The number of nitrogens with one attached hydrogen (secondary N) is 1. The van der Waals surface area contributed by atoms with Crippen molar-refractivity contribution in [2.75, 3.05) is 26.2 Å². The lowest BCUT2D eigenvalue weighted by molar-refractivity contribution is 0.0755. The van der Waals surface area contributed by atoms with E-state index in [0.717, 1.165) is 38.8 Å². The van der Waals surface area contributed by atoms with Gasteiger partial charge >= 0.3 is 0 Å². The Balaban J connectivity index is 0.00000529. The van der Waals surface area contributed by atoms with Crippen molar-refractivity contribution < 1.29 is 9.59 Å². The molecule has 5 nitrogen and oxygen atoms in total. The SMILES string of the molecule is CCCN(CCC)C(=O)c1cccc(C(=O)NCCCCN)c1.Cl. The van der Waals surface area contributed by atoms with Gasteiger partial charge in [0.05, 0.1) is 0 Å². The summed E-state index contributed by atoms with van der Waals surface area (Å²) in [5.41, 5.74) is 6.53. The molecule has 1 rings (SSSR count). The fraction of sp³-hybridized carbons (Fsp3) is 0.556. The predicted octanol–water partition coefficient (Wildman–Crippen LogP) is 2.84. The van der Waals surface area contributed by atoms with E-state index < -0.39 is 0 Å². The number of halogens is 1. The van der Waals surface area contributed by atoms with Crippen molar-refractivity contribution in [2.24, 2.45) is 5.73 Å². The molecule has 0 aromatic heterocycles. The lowest BCUT2D eigenvalue weighted by Gasteiger charge is -2.21. The average Bonchev–Trinajstić information content (AvgIpc) is 2.58. The van der Waals surface area contributed by atoms with Gasteiger partial charge in [-0.15, -0.1) is 12.4 Å². The predicted molar refractivity (Wildman–Crippen MR) is 101 cm³/mol. The van der Waals surface area contributed by atoms with Crippen LogP contribution in [0.4, 0.5) is 0 Å². The van der Waals surface area contributed by atoms with Gasteiger partial charge in [-0.3, -0.25) is 9.59 Å². The largest absolute Gasteiger partial charge is 0.352 e. The van der Waals surface area contributed by atoms with Crippen LogP contribution < -0.4 is 11.1 Å². The van der Waals surface area contributed by atoms with Gasteiger partial charge in [-0.1, -0.05) is 19.9 Å². The lowest BCUT2D eigenvalue weighted by atomic mass is 10.1. The Bertz CT molecular complexity index is 503. The fourth-order valence-corrected chi connectivity index (χ4v) is 2.40. The molecule has 0 bridgehead atoms. The second-order valence-corrected chi connectivity index (χ2v) is 5.62. The molecule has 1 aromatic rings. The van der Waals surface area contributed by atoms with Crippen LogP contribution in [0.25, 0.3) is 0 Å². The fourth-order valence-electron chi connectivity index (χ4n) is 2.40. The van der Waals surface area contributed by atoms with Crippen LogP contribution in [-0.4, -0.2) is 42.9 Å². The zero-order valence-electron chi connectivity index (χ0n) is 14.7. The number of nitrogens with zero attached hydrogens (tertiary/aromatic N) is 1. The summed E-state index contributed by atoms with van der Waals surface area (Å²) < 4.78 is 0. The molecule has 6 heteroatoms. The number of benzene rings is 1. The topological polar surface area (TPSA) is 75.4 Å². The Hall–Kier alpha value is -1.59. The summed E-state index contributed by atoms with van der Waals surface area (Å²) in [7, 11) is 0. The minimum absolute atomic E-state index is 0. The average molecular weight is 356 g/mol. The third-order valence-corrected chi connectivity index (χ3v) is 3.56. The van der Waals surface area contributed by atoms with Gasteiger partial charge in [0.1, 0.15) is 0 Å². The highest BCUT2D eigenvalue weighted by atomic mass is 35.5. The number of nitrogens with two attached hydrogens (primary N) is 1. The normalized spacial score (nSPS) is 9.96. The van der Waals surface area contributed by atoms with Gasteiger partial charge in [0.15, 0.2) is 0 Å². The molecule has 0 aliphatic rings. The maximum atomic E-state index is 12.6. The first-order valence-electron chi connectivity index (χ1n) is 8.51. The number of rotatable bonds is 10. The van der Waals surface area contributed by atoms with Crippen LogP contribution in [0.5, 0.6) is 0 Å². The van der Waals surface area contributed by atoms with E-state index in [1.807, 2.05) is 4.90 Å². The maximum Gasteiger partial charge on any atom is 0.253 e. The molecule has 0 spiro atoms. The van der Waals surface area contributed by atoms with Crippen molar-refractivity contribution in [2.45, 2.75) is 39.5 Å². The first-order valence-corrected chi connectivity index (χ1v) is 8.51. The molecule has 0 unspecified atom stereocenters. The minimum atomic E-state index is -0.144. The number of amides is 2. The van der Waals surface area contributed by atoms with E-state index in [4.69, 9.17) is 5.73 Å². The van der Waals surface area contributed by atoms with Crippen LogP contribution in [-0.2, 0) is 0 Å². The molecule has 0 aliphatic carbocycles. The highest BCUT2D eigenvalue weighted by Crippen LogP contribution is 2.10. The summed E-state index contributed by atoms with van der Waals surface area (Å²) >= 11 is 0. The summed E-state index contributed by atoms with van der Waals surface area (Å²) in [6.07, 6.45) is 3.60. The van der Waals surface area contributed by atoms with E-state index in [0.29, 0.717) is 24.2 Å². The maximum absolute atomic E-state index is 12.6. The molecule has 0 fully saturated rings. The van der Waals surface area contributed by atoms with Crippen LogP contribution in [0.15, 0.2) is 24.3 Å². The molecule has 136 valence electrons. The summed E-state index contributed by atoms with van der Waals surface area (Å²) in [5, 5.41) is 2.86. The Labute approximate surface area is 151 Å². The van der Waals surface area contributed by atoms with E-state index in [9.17, 15) is 9.59 Å². The van der Waals surface area contributed by atoms with Gasteiger partial charge in [-0.05, 0) is 50.4 Å². The molecular weight excluding hydrogens is 326 g/mol. The van der Waals surface area contributed by atoms with E-state index in [1.54, 1.807) is 24.3 Å². The Morgan fingerprint density at radius 1 is 1.08 bits per heavy atom.